The molecule has 2 fully saturated rings. The van der Waals surface area contributed by atoms with Gasteiger partial charge in [-0.15, -0.1) is 0 Å². The number of urea groups is 1. The Morgan fingerprint density at radius 1 is 1.21 bits per heavy atom. The molecule has 6 heteroatoms. The van der Waals surface area contributed by atoms with Crippen LogP contribution in [0.15, 0.2) is 54.6 Å². The van der Waals surface area contributed by atoms with Crippen molar-refractivity contribution in [2.24, 2.45) is 0 Å². The van der Waals surface area contributed by atoms with E-state index in [1.807, 2.05) is 48.2 Å². The minimum absolute atomic E-state index is 0.000518. The fourth-order valence-corrected chi connectivity index (χ4v) is 5.16. The molecule has 0 saturated carbocycles. The first-order chi connectivity index (χ1) is 14.1. The number of hydrogen-bond acceptors (Lipinski definition) is 3. The van der Waals surface area contributed by atoms with E-state index in [9.17, 15) is 9.90 Å². The van der Waals surface area contributed by atoms with Gasteiger partial charge in [0.2, 0.25) is 0 Å². The quantitative estimate of drug-likeness (QED) is 0.762. The number of carbonyl (C=O) groups is 1. The van der Waals surface area contributed by atoms with Gasteiger partial charge < -0.3 is 15.3 Å². The van der Waals surface area contributed by atoms with Crippen molar-refractivity contribution in [3.8, 4) is 0 Å². The summed E-state index contributed by atoms with van der Waals surface area (Å²) in [6.07, 6.45) is 0.921. The van der Waals surface area contributed by atoms with Crippen molar-refractivity contribution in [2.75, 3.05) is 26.2 Å². The Bertz CT molecular complexity index is 854. The monoisotopic (exact) mass is 413 g/mol. The topological polar surface area (TPSA) is 55.8 Å². The summed E-state index contributed by atoms with van der Waals surface area (Å²) in [6, 6.07) is 18.3. The van der Waals surface area contributed by atoms with Gasteiger partial charge in [-0.3, -0.25) is 4.90 Å². The van der Waals surface area contributed by atoms with E-state index in [2.05, 4.69) is 28.4 Å². The molecule has 0 aromatic heterocycles. The highest BCUT2D eigenvalue weighted by atomic mass is 35.5. The Balaban J connectivity index is 1.59. The smallest absolute Gasteiger partial charge is 0.317 e. The highest BCUT2D eigenvalue weighted by molar-refractivity contribution is 6.30. The molecule has 2 N–H and O–H groups in total. The van der Waals surface area contributed by atoms with Gasteiger partial charge in [0.05, 0.1) is 12.1 Å². The molecule has 1 spiro atoms. The Morgan fingerprint density at radius 2 is 1.97 bits per heavy atom. The normalized spacial score (nSPS) is 22.8. The molecule has 5 nitrogen and oxygen atoms in total. The van der Waals surface area contributed by atoms with E-state index in [0.29, 0.717) is 31.2 Å². The molecule has 0 radical (unpaired) electrons. The van der Waals surface area contributed by atoms with E-state index in [-0.39, 0.29) is 30.1 Å². The molecule has 4 rings (SSSR count). The number of aliphatic hydroxyl groups is 1. The third-order valence-corrected chi connectivity index (χ3v) is 6.50. The fourth-order valence-electron chi connectivity index (χ4n) is 4.95. The maximum atomic E-state index is 12.4. The van der Waals surface area contributed by atoms with E-state index >= 15 is 0 Å². The zero-order valence-corrected chi connectivity index (χ0v) is 17.5. The number of carbonyl (C=O) groups excluding carboxylic acids is 1. The van der Waals surface area contributed by atoms with Crippen LogP contribution >= 0.6 is 11.6 Å². The zero-order valence-electron chi connectivity index (χ0n) is 16.7. The van der Waals surface area contributed by atoms with Gasteiger partial charge in [0, 0.05) is 43.2 Å². The Hall–Kier alpha value is -2.08. The summed E-state index contributed by atoms with van der Waals surface area (Å²) >= 11 is 6.19. The molecule has 2 aromatic carbocycles. The molecule has 0 bridgehead atoms. The largest absolute Gasteiger partial charge is 0.395 e. The molecule has 2 aliphatic heterocycles. The van der Waals surface area contributed by atoms with E-state index in [4.69, 9.17) is 11.6 Å². The number of benzene rings is 2. The Labute approximate surface area is 177 Å². The van der Waals surface area contributed by atoms with Crippen LogP contribution in [0.1, 0.15) is 30.4 Å². The lowest BCUT2D eigenvalue weighted by molar-refractivity contribution is -0.183. The van der Waals surface area contributed by atoms with Crippen LogP contribution in [0, 0.1) is 0 Å². The van der Waals surface area contributed by atoms with Gasteiger partial charge in [0.25, 0.3) is 0 Å². The number of nitrogens with zero attached hydrogens (tertiary/aromatic N) is 2. The zero-order chi connectivity index (χ0) is 20.4. The average Bonchev–Trinajstić information content (AvgIpc) is 2.69. The van der Waals surface area contributed by atoms with Gasteiger partial charge in [-0.05, 0) is 29.7 Å². The lowest BCUT2D eigenvalue weighted by Crippen LogP contribution is -2.85. The van der Waals surface area contributed by atoms with Crippen molar-refractivity contribution in [1.82, 2.24) is 15.1 Å². The Kier molecular flexibility index (Phi) is 5.81. The molecule has 2 amide bonds. The maximum absolute atomic E-state index is 12.4. The third kappa shape index (κ3) is 3.63. The van der Waals surface area contributed by atoms with Gasteiger partial charge in [-0.25, -0.2) is 4.79 Å². The lowest BCUT2D eigenvalue weighted by atomic mass is 9.60. The second kappa shape index (κ2) is 8.34. The standard InChI is InChI=1S/C23H28ClN3O2/c1-2-11-25-22(29)26-15-23(16-26)21(18-8-4-3-5-9-18)20(14-28)27(23)13-17-7-6-10-19(24)12-17/h3-10,12,20-21,28H,2,11,13-16H2,1H3,(H,25,29)/t20-,21-/m1/s1. The average molecular weight is 414 g/mol. The van der Waals surface area contributed by atoms with Gasteiger partial charge in [-0.2, -0.15) is 0 Å². The molecule has 2 aliphatic rings. The van der Waals surface area contributed by atoms with Crippen LogP contribution in [-0.4, -0.2) is 58.8 Å². The summed E-state index contributed by atoms with van der Waals surface area (Å²) in [5, 5.41) is 13.9. The van der Waals surface area contributed by atoms with Crippen LogP contribution in [0.4, 0.5) is 4.79 Å². The van der Waals surface area contributed by atoms with Crippen molar-refractivity contribution >= 4 is 17.6 Å². The summed E-state index contributed by atoms with van der Waals surface area (Å²) in [5.41, 5.74) is 2.19. The molecule has 29 heavy (non-hydrogen) atoms. The number of hydrogen-bond donors (Lipinski definition) is 2. The van der Waals surface area contributed by atoms with Crippen LogP contribution in [0.25, 0.3) is 0 Å². The fraction of sp³-hybridized carbons (Fsp3) is 0.435. The summed E-state index contributed by atoms with van der Waals surface area (Å²) in [4.78, 5) is 16.7. The molecule has 2 saturated heterocycles. The van der Waals surface area contributed by atoms with Crippen LogP contribution in [0.2, 0.25) is 5.02 Å². The van der Waals surface area contributed by atoms with Crippen LogP contribution in [0.3, 0.4) is 0 Å². The van der Waals surface area contributed by atoms with Crippen LogP contribution in [0.5, 0.6) is 0 Å². The lowest BCUT2D eigenvalue weighted by Gasteiger charge is -2.70. The minimum Gasteiger partial charge on any atom is -0.395 e. The van der Waals surface area contributed by atoms with Crippen molar-refractivity contribution in [3.63, 3.8) is 0 Å². The highest BCUT2D eigenvalue weighted by Gasteiger charge is 2.66. The second-order valence-corrected chi connectivity index (χ2v) is 8.52. The molecule has 154 valence electrons. The van der Waals surface area contributed by atoms with Crippen molar-refractivity contribution in [2.45, 2.75) is 37.4 Å². The first kappa shape index (κ1) is 20.2. The molecule has 2 atom stereocenters. The van der Waals surface area contributed by atoms with E-state index in [0.717, 1.165) is 12.0 Å². The van der Waals surface area contributed by atoms with Crippen molar-refractivity contribution in [3.05, 3.63) is 70.7 Å². The number of aliphatic hydroxyl groups excluding tert-OH is 1. The summed E-state index contributed by atoms with van der Waals surface area (Å²) in [7, 11) is 0. The third-order valence-electron chi connectivity index (χ3n) is 6.27. The highest BCUT2D eigenvalue weighted by Crippen LogP contribution is 2.54. The molecular formula is C23H28ClN3O2. The molecule has 0 unspecified atom stereocenters. The Morgan fingerprint density at radius 3 is 2.62 bits per heavy atom. The number of halogens is 1. The van der Waals surface area contributed by atoms with E-state index in [1.54, 1.807) is 0 Å². The van der Waals surface area contributed by atoms with Gasteiger partial charge in [0.1, 0.15) is 0 Å². The first-order valence-electron chi connectivity index (χ1n) is 10.3. The summed E-state index contributed by atoms with van der Waals surface area (Å²) in [5.74, 6) is 0.197. The van der Waals surface area contributed by atoms with Gasteiger partial charge in [-0.1, -0.05) is 61.0 Å². The number of nitrogens with one attached hydrogen (secondary N) is 1. The summed E-state index contributed by atoms with van der Waals surface area (Å²) in [6.45, 7) is 4.87. The number of likely N-dealkylation sites (tertiary alicyclic amines) is 2. The molecular weight excluding hydrogens is 386 g/mol. The minimum atomic E-state index is -0.152. The van der Waals surface area contributed by atoms with Gasteiger partial charge >= 0.3 is 6.03 Å². The van der Waals surface area contributed by atoms with E-state index < -0.39 is 0 Å². The van der Waals surface area contributed by atoms with Crippen LogP contribution < -0.4 is 5.32 Å². The van der Waals surface area contributed by atoms with Crippen molar-refractivity contribution in [1.29, 1.82) is 0 Å². The summed E-state index contributed by atoms with van der Waals surface area (Å²) < 4.78 is 0. The first-order valence-corrected chi connectivity index (χ1v) is 10.7. The van der Waals surface area contributed by atoms with Gasteiger partial charge in [0.15, 0.2) is 0 Å². The SMILES string of the molecule is CCCNC(=O)N1CC2(C1)[C@H](c1ccccc1)[C@@H](CO)N2Cc1cccc(Cl)c1. The molecule has 2 aromatic rings. The predicted molar refractivity (Wildman–Crippen MR) is 115 cm³/mol. The van der Waals surface area contributed by atoms with Crippen LogP contribution in [-0.2, 0) is 6.54 Å². The van der Waals surface area contributed by atoms with Crippen molar-refractivity contribution < 1.29 is 9.90 Å². The molecule has 2 heterocycles. The number of rotatable bonds is 6. The predicted octanol–water partition coefficient (Wildman–Crippen LogP) is 3.47. The molecule has 0 aliphatic carbocycles. The second-order valence-electron chi connectivity index (χ2n) is 8.09. The maximum Gasteiger partial charge on any atom is 0.317 e. The number of amides is 2. The van der Waals surface area contributed by atoms with E-state index in [1.165, 1.54) is 5.56 Å².